The number of ketones is 1. The second-order valence-corrected chi connectivity index (χ2v) is 3.98. The molecule has 88 valence electrons. The highest BCUT2D eigenvalue weighted by Gasteiger charge is 2.37. The van der Waals surface area contributed by atoms with Gasteiger partial charge >= 0.3 is 5.97 Å². The first kappa shape index (κ1) is 12.5. The Hall–Kier alpha value is -1.58. The maximum atomic E-state index is 11.8. The highest BCUT2D eigenvalue weighted by molar-refractivity contribution is 5.97. The maximum Gasteiger partial charge on any atom is 0.310 e. The zero-order valence-electron chi connectivity index (χ0n) is 9.62. The Labute approximate surface area is 94.7 Å². The molecule has 0 aliphatic rings. The fraction of sp³-hybridized carbons (Fsp3) is 0.500. The lowest BCUT2D eigenvalue weighted by Gasteiger charge is -2.25. The van der Waals surface area contributed by atoms with Gasteiger partial charge in [-0.25, -0.2) is 0 Å². The van der Waals surface area contributed by atoms with Crippen molar-refractivity contribution in [2.24, 2.45) is 5.41 Å². The molecule has 2 N–H and O–H groups in total. The summed E-state index contributed by atoms with van der Waals surface area (Å²) in [6.45, 7) is 3.61. The van der Waals surface area contributed by atoms with Gasteiger partial charge in [-0.05, 0) is 25.0 Å². The summed E-state index contributed by atoms with van der Waals surface area (Å²) in [7, 11) is 0. The van der Waals surface area contributed by atoms with Crippen LogP contribution >= 0.6 is 0 Å². The summed E-state index contributed by atoms with van der Waals surface area (Å²) in [6, 6.07) is 3.40. The molecule has 4 heteroatoms. The predicted molar refractivity (Wildman–Crippen MR) is 60.4 cm³/mol. The lowest BCUT2D eigenvalue weighted by molar-refractivity contribution is -0.149. The number of aromatic nitrogens is 1. The number of aliphatic carboxylic acids is 1. The van der Waals surface area contributed by atoms with Crippen molar-refractivity contribution in [3.63, 3.8) is 0 Å². The molecule has 0 fully saturated rings. The van der Waals surface area contributed by atoms with Crippen molar-refractivity contribution >= 4 is 11.8 Å². The molecular weight excluding hydrogens is 206 g/mol. The second kappa shape index (κ2) is 4.96. The zero-order chi connectivity index (χ0) is 12.2. The molecule has 0 saturated carbocycles. The number of nitrogens with one attached hydrogen (secondary N) is 1. The van der Waals surface area contributed by atoms with Crippen LogP contribution in [0.25, 0.3) is 0 Å². The van der Waals surface area contributed by atoms with Crippen LogP contribution in [0.2, 0.25) is 0 Å². The summed E-state index contributed by atoms with van der Waals surface area (Å²) in [4.78, 5) is 25.9. The van der Waals surface area contributed by atoms with Gasteiger partial charge in [-0.2, -0.15) is 0 Å². The maximum absolute atomic E-state index is 11.8. The van der Waals surface area contributed by atoms with E-state index in [0.717, 1.165) is 0 Å². The number of rotatable bonds is 6. The van der Waals surface area contributed by atoms with Crippen LogP contribution in [0.15, 0.2) is 18.3 Å². The molecule has 1 rings (SSSR count). The van der Waals surface area contributed by atoms with Crippen LogP contribution in [-0.2, 0) is 4.79 Å². The van der Waals surface area contributed by atoms with E-state index in [-0.39, 0.29) is 12.2 Å². The topological polar surface area (TPSA) is 70.2 Å². The number of carboxylic acid groups (broad SMARTS) is 1. The number of carboxylic acids is 1. The average molecular weight is 223 g/mol. The average Bonchev–Trinajstić information content (AvgIpc) is 2.78. The van der Waals surface area contributed by atoms with Crippen LogP contribution in [0.4, 0.5) is 0 Å². The van der Waals surface area contributed by atoms with Crippen LogP contribution in [-0.4, -0.2) is 21.8 Å². The van der Waals surface area contributed by atoms with Gasteiger partial charge < -0.3 is 10.1 Å². The highest BCUT2D eigenvalue weighted by Crippen LogP contribution is 2.32. The van der Waals surface area contributed by atoms with Gasteiger partial charge in [0, 0.05) is 12.6 Å². The largest absolute Gasteiger partial charge is 0.481 e. The van der Waals surface area contributed by atoms with Crippen molar-refractivity contribution in [3.8, 4) is 0 Å². The Balaban J connectivity index is 2.84. The number of H-pyrrole nitrogens is 1. The SMILES string of the molecule is CCC(CC)(CC(=O)c1ccc[nH]1)C(=O)O. The minimum atomic E-state index is -0.928. The van der Waals surface area contributed by atoms with Gasteiger partial charge in [0.15, 0.2) is 5.78 Å². The summed E-state index contributed by atoms with van der Waals surface area (Å²) in [5, 5.41) is 9.21. The molecule has 0 aliphatic carbocycles. The molecule has 0 aromatic carbocycles. The molecule has 0 aliphatic heterocycles. The molecule has 1 heterocycles. The third kappa shape index (κ3) is 2.32. The first-order valence-corrected chi connectivity index (χ1v) is 5.45. The van der Waals surface area contributed by atoms with Crippen molar-refractivity contribution in [1.29, 1.82) is 0 Å². The van der Waals surface area contributed by atoms with E-state index in [1.54, 1.807) is 32.2 Å². The lowest BCUT2D eigenvalue weighted by atomic mass is 9.77. The molecule has 0 spiro atoms. The summed E-state index contributed by atoms with van der Waals surface area (Å²) >= 11 is 0. The van der Waals surface area contributed by atoms with Gasteiger partial charge in [-0.3, -0.25) is 9.59 Å². The third-order valence-corrected chi connectivity index (χ3v) is 3.20. The second-order valence-electron chi connectivity index (χ2n) is 3.98. The predicted octanol–water partition coefficient (Wildman–Crippen LogP) is 2.48. The first-order chi connectivity index (χ1) is 7.55. The van der Waals surface area contributed by atoms with E-state index in [0.29, 0.717) is 18.5 Å². The Morgan fingerprint density at radius 1 is 1.38 bits per heavy atom. The van der Waals surface area contributed by atoms with Crippen molar-refractivity contribution in [2.75, 3.05) is 0 Å². The minimum absolute atomic E-state index is 0.0514. The Kier molecular flexibility index (Phi) is 3.88. The smallest absolute Gasteiger partial charge is 0.310 e. The molecular formula is C12H17NO3. The molecule has 0 saturated heterocycles. The molecule has 0 atom stereocenters. The normalized spacial score (nSPS) is 11.4. The zero-order valence-corrected chi connectivity index (χ0v) is 9.62. The van der Waals surface area contributed by atoms with Crippen LogP contribution in [0.1, 0.15) is 43.6 Å². The Bertz CT molecular complexity index is 364. The van der Waals surface area contributed by atoms with E-state index in [4.69, 9.17) is 0 Å². The number of aromatic amines is 1. The van der Waals surface area contributed by atoms with Crippen molar-refractivity contribution in [3.05, 3.63) is 24.0 Å². The van der Waals surface area contributed by atoms with Gasteiger partial charge in [0.25, 0.3) is 0 Å². The molecule has 4 nitrogen and oxygen atoms in total. The molecule has 1 aromatic heterocycles. The third-order valence-electron chi connectivity index (χ3n) is 3.20. The molecule has 16 heavy (non-hydrogen) atoms. The summed E-state index contributed by atoms with van der Waals surface area (Å²) < 4.78 is 0. The molecule has 0 bridgehead atoms. The van der Waals surface area contributed by atoms with Crippen molar-refractivity contribution in [1.82, 2.24) is 4.98 Å². The Morgan fingerprint density at radius 2 is 2.00 bits per heavy atom. The quantitative estimate of drug-likeness (QED) is 0.728. The van der Waals surface area contributed by atoms with Gasteiger partial charge in [0.1, 0.15) is 0 Å². The minimum Gasteiger partial charge on any atom is -0.481 e. The molecule has 0 radical (unpaired) electrons. The van der Waals surface area contributed by atoms with E-state index < -0.39 is 11.4 Å². The van der Waals surface area contributed by atoms with Crippen LogP contribution < -0.4 is 0 Å². The molecule has 0 unspecified atom stereocenters. The van der Waals surface area contributed by atoms with Gasteiger partial charge in [-0.15, -0.1) is 0 Å². The van der Waals surface area contributed by atoms with Gasteiger partial charge in [0.2, 0.25) is 0 Å². The van der Waals surface area contributed by atoms with Crippen LogP contribution in [0, 0.1) is 5.41 Å². The van der Waals surface area contributed by atoms with Gasteiger partial charge in [0.05, 0.1) is 11.1 Å². The lowest BCUT2D eigenvalue weighted by Crippen LogP contribution is -2.32. The van der Waals surface area contributed by atoms with E-state index >= 15 is 0 Å². The van der Waals surface area contributed by atoms with E-state index in [9.17, 15) is 14.7 Å². The van der Waals surface area contributed by atoms with Crippen molar-refractivity contribution < 1.29 is 14.7 Å². The number of Topliss-reactive ketones (excluding diaryl/α,β-unsaturated/α-hetero) is 1. The van der Waals surface area contributed by atoms with Crippen molar-refractivity contribution in [2.45, 2.75) is 33.1 Å². The molecule has 0 amide bonds. The van der Waals surface area contributed by atoms with E-state index in [2.05, 4.69) is 4.98 Å². The number of carbonyl (C=O) groups is 2. The van der Waals surface area contributed by atoms with E-state index in [1.165, 1.54) is 0 Å². The van der Waals surface area contributed by atoms with Gasteiger partial charge in [-0.1, -0.05) is 13.8 Å². The fourth-order valence-electron chi connectivity index (χ4n) is 1.78. The number of hydrogen-bond donors (Lipinski definition) is 2. The highest BCUT2D eigenvalue weighted by atomic mass is 16.4. The first-order valence-electron chi connectivity index (χ1n) is 5.45. The summed E-state index contributed by atoms with van der Waals surface area (Å²) in [6.07, 6.45) is 2.64. The Morgan fingerprint density at radius 3 is 2.38 bits per heavy atom. The fourth-order valence-corrected chi connectivity index (χ4v) is 1.78. The summed E-state index contributed by atoms with van der Waals surface area (Å²) in [5.41, 5.74) is -0.449. The number of hydrogen-bond acceptors (Lipinski definition) is 2. The number of carbonyl (C=O) groups excluding carboxylic acids is 1. The summed E-state index contributed by atoms with van der Waals surface area (Å²) in [5.74, 6) is -1.03. The van der Waals surface area contributed by atoms with Crippen LogP contribution in [0.5, 0.6) is 0 Å². The van der Waals surface area contributed by atoms with E-state index in [1.807, 2.05) is 0 Å². The molecule has 1 aromatic rings. The monoisotopic (exact) mass is 223 g/mol. The van der Waals surface area contributed by atoms with Crippen LogP contribution in [0.3, 0.4) is 0 Å². The standard InChI is InChI=1S/C12H17NO3/c1-3-12(4-2,11(15)16)8-10(14)9-6-5-7-13-9/h5-7,13H,3-4,8H2,1-2H3,(H,15,16).